The molecule has 0 saturated carbocycles. The highest BCUT2D eigenvalue weighted by Crippen LogP contribution is 2.16. The quantitative estimate of drug-likeness (QED) is 0.827. The van der Waals surface area contributed by atoms with Gasteiger partial charge in [0.15, 0.2) is 0 Å². The Bertz CT molecular complexity index is 527. The summed E-state index contributed by atoms with van der Waals surface area (Å²) in [5.41, 5.74) is 6.74. The molecule has 0 unspecified atom stereocenters. The minimum absolute atomic E-state index is 0.108. The molecule has 0 aliphatic carbocycles. The van der Waals surface area contributed by atoms with Gasteiger partial charge < -0.3 is 20.9 Å². The molecule has 0 spiro atoms. The maximum atomic E-state index is 12.2. The summed E-state index contributed by atoms with van der Waals surface area (Å²) in [6.07, 6.45) is 2.31. The monoisotopic (exact) mass is 332 g/mol. The van der Waals surface area contributed by atoms with E-state index in [9.17, 15) is 9.59 Å². The molecule has 1 fully saturated rings. The number of hydrogen-bond acceptors (Lipinski definition) is 3. The number of carbonyl (C=O) groups excluding carboxylic acids is 2. The van der Waals surface area contributed by atoms with Crippen molar-refractivity contribution in [2.24, 2.45) is 11.7 Å². The second-order valence-electron chi connectivity index (χ2n) is 6.38. The predicted molar refractivity (Wildman–Crippen MR) is 94.3 cm³/mol. The summed E-state index contributed by atoms with van der Waals surface area (Å²) in [5, 5.41) is 2.81. The summed E-state index contributed by atoms with van der Waals surface area (Å²) in [6.45, 7) is 3.18. The van der Waals surface area contributed by atoms with Crippen LogP contribution in [0.5, 0.6) is 0 Å². The molecule has 1 heterocycles. The van der Waals surface area contributed by atoms with Crippen LogP contribution < -0.4 is 11.1 Å². The fourth-order valence-electron chi connectivity index (χ4n) is 2.92. The van der Waals surface area contributed by atoms with Crippen molar-refractivity contribution in [3.05, 3.63) is 35.9 Å². The number of nitrogens with zero attached hydrogens (tertiary/aromatic N) is 2. The lowest BCUT2D eigenvalue weighted by molar-refractivity contribution is -0.132. The average Bonchev–Trinajstić information content (AvgIpc) is 2.62. The zero-order valence-corrected chi connectivity index (χ0v) is 14.4. The van der Waals surface area contributed by atoms with E-state index in [1.807, 2.05) is 35.2 Å². The normalized spacial score (nSPS) is 15.2. The number of piperidine rings is 1. The third kappa shape index (κ3) is 5.53. The summed E-state index contributed by atoms with van der Waals surface area (Å²) in [4.78, 5) is 27.7. The van der Waals surface area contributed by atoms with E-state index in [4.69, 9.17) is 5.73 Å². The maximum Gasteiger partial charge on any atom is 0.317 e. The van der Waals surface area contributed by atoms with E-state index >= 15 is 0 Å². The molecule has 132 valence electrons. The van der Waals surface area contributed by atoms with Crippen LogP contribution in [-0.2, 0) is 11.3 Å². The Balaban J connectivity index is 1.66. The summed E-state index contributed by atoms with van der Waals surface area (Å²) < 4.78 is 0. The van der Waals surface area contributed by atoms with E-state index in [1.54, 1.807) is 11.9 Å². The first kappa shape index (κ1) is 18.3. The number of rotatable bonds is 6. The molecule has 6 heteroatoms. The molecule has 1 saturated heterocycles. The largest absolute Gasteiger partial charge is 0.343 e. The average molecular weight is 332 g/mol. The third-order valence-electron chi connectivity index (χ3n) is 4.52. The van der Waals surface area contributed by atoms with Gasteiger partial charge in [-0.05, 0) is 30.9 Å². The Morgan fingerprint density at radius 3 is 2.54 bits per heavy atom. The van der Waals surface area contributed by atoms with Crippen LogP contribution in [0, 0.1) is 5.92 Å². The molecule has 3 amide bonds. The van der Waals surface area contributed by atoms with E-state index in [2.05, 4.69) is 5.32 Å². The van der Waals surface area contributed by atoms with Crippen molar-refractivity contribution >= 4 is 11.9 Å². The molecule has 0 aromatic heterocycles. The van der Waals surface area contributed by atoms with Crippen molar-refractivity contribution in [3.63, 3.8) is 0 Å². The predicted octanol–water partition coefficient (Wildman–Crippen LogP) is 1.42. The maximum absolute atomic E-state index is 12.2. The van der Waals surface area contributed by atoms with E-state index in [0.29, 0.717) is 32.0 Å². The highest BCUT2D eigenvalue weighted by molar-refractivity contribution is 5.78. The minimum Gasteiger partial charge on any atom is -0.343 e. The lowest BCUT2D eigenvalue weighted by atomic mass is 9.97. The SMILES string of the molecule is CN(Cc1ccccc1)C(=O)NCCC(=O)N1CCC(CN)CC1. The Morgan fingerprint density at radius 2 is 1.92 bits per heavy atom. The number of benzene rings is 1. The highest BCUT2D eigenvalue weighted by atomic mass is 16.2. The highest BCUT2D eigenvalue weighted by Gasteiger charge is 2.21. The van der Waals surface area contributed by atoms with Crippen LogP contribution in [0.3, 0.4) is 0 Å². The molecule has 6 nitrogen and oxygen atoms in total. The molecule has 1 aromatic carbocycles. The molecule has 1 aliphatic rings. The van der Waals surface area contributed by atoms with E-state index in [0.717, 1.165) is 31.5 Å². The Kier molecular flexibility index (Phi) is 7.06. The van der Waals surface area contributed by atoms with Crippen molar-refractivity contribution in [3.8, 4) is 0 Å². The number of carbonyl (C=O) groups is 2. The van der Waals surface area contributed by atoms with E-state index < -0.39 is 0 Å². The zero-order valence-electron chi connectivity index (χ0n) is 14.4. The van der Waals surface area contributed by atoms with Gasteiger partial charge in [-0.25, -0.2) is 4.79 Å². The number of hydrogen-bond donors (Lipinski definition) is 2. The summed E-state index contributed by atoms with van der Waals surface area (Å²) in [6, 6.07) is 9.66. The minimum atomic E-state index is -0.159. The molecular weight excluding hydrogens is 304 g/mol. The Labute approximate surface area is 144 Å². The van der Waals surface area contributed by atoms with Crippen LogP contribution in [0.15, 0.2) is 30.3 Å². The number of likely N-dealkylation sites (tertiary alicyclic amines) is 1. The molecule has 2 rings (SSSR count). The number of nitrogens with two attached hydrogens (primary N) is 1. The summed E-state index contributed by atoms with van der Waals surface area (Å²) in [5.74, 6) is 0.650. The van der Waals surface area contributed by atoms with Crippen LogP contribution in [0.4, 0.5) is 4.79 Å². The van der Waals surface area contributed by atoms with Gasteiger partial charge in [-0.15, -0.1) is 0 Å². The molecule has 24 heavy (non-hydrogen) atoms. The zero-order chi connectivity index (χ0) is 17.4. The molecule has 0 bridgehead atoms. The molecule has 1 aromatic rings. The Morgan fingerprint density at radius 1 is 1.25 bits per heavy atom. The fourth-order valence-corrected chi connectivity index (χ4v) is 2.92. The summed E-state index contributed by atoms with van der Waals surface area (Å²) in [7, 11) is 1.75. The standard InChI is InChI=1S/C18H28N4O2/c1-21(14-16-5-3-2-4-6-16)18(24)20-10-7-17(23)22-11-8-15(13-19)9-12-22/h2-6,15H,7-14,19H2,1H3,(H,20,24). The van der Waals surface area contributed by atoms with Gasteiger partial charge in [-0.3, -0.25) is 4.79 Å². The number of nitrogens with one attached hydrogen (secondary N) is 1. The van der Waals surface area contributed by atoms with Crippen LogP contribution in [0.25, 0.3) is 0 Å². The van der Waals surface area contributed by atoms with Crippen molar-refractivity contribution < 1.29 is 9.59 Å². The molecule has 3 N–H and O–H groups in total. The topological polar surface area (TPSA) is 78.7 Å². The molecule has 0 atom stereocenters. The first-order valence-corrected chi connectivity index (χ1v) is 8.61. The van der Waals surface area contributed by atoms with Crippen LogP contribution in [-0.4, -0.2) is 55.0 Å². The third-order valence-corrected chi connectivity index (χ3v) is 4.52. The molecule has 0 radical (unpaired) electrons. The van der Waals surface area contributed by atoms with Crippen molar-refractivity contribution in [2.45, 2.75) is 25.8 Å². The van der Waals surface area contributed by atoms with Gasteiger partial charge in [0.05, 0.1) is 0 Å². The molecule has 1 aliphatic heterocycles. The van der Waals surface area contributed by atoms with Crippen molar-refractivity contribution in [1.29, 1.82) is 0 Å². The van der Waals surface area contributed by atoms with Gasteiger partial charge in [0.25, 0.3) is 0 Å². The second-order valence-corrected chi connectivity index (χ2v) is 6.38. The number of urea groups is 1. The smallest absolute Gasteiger partial charge is 0.317 e. The van der Waals surface area contributed by atoms with Crippen LogP contribution >= 0.6 is 0 Å². The van der Waals surface area contributed by atoms with Crippen LogP contribution in [0.2, 0.25) is 0 Å². The summed E-state index contributed by atoms with van der Waals surface area (Å²) >= 11 is 0. The van der Waals surface area contributed by atoms with Gasteiger partial charge >= 0.3 is 6.03 Å². The van der Waals surface area contributed by atoms with Crippen LogP contribution in [0.1, 0.15) is 24.8 Å². The van der Waals surface area contributed by atoms with Gasteiger partial charge in [0, 0.05) is 39.6 Å². The lowest BCUT2D eigenvalue weighted by Crippen LogP contribution is -2.42. The van der Waals surface area contributed by atoms with Gasteiger partial charge in [0.2, 0.25) is 5.91 Å². The fraction of sp³-hybridized carbons (Fsp3) is 0.556. The first-order chi connectivity index (χ1) is 11.6. The van der Waals surface area contributed by atoms with Gasteiger partial charge in [-0.2, -0.15) is 0 Å². The second kappa shape index (κ2) is 9.27. The van der Waals surface area contributed by atoms with Gasteiger partial charge in [-0.1, -0.05) is 30.3 Å². The van der Waals surface area contributed by atoms with E-state index in [-0.39, 0.29) is 11.9 Å². The van der Waals surface area contributed by atoms with Gasteiger partial charge in [0.1, 0.15) is 0 Å². The van der Waals surface area contributed by atoms with Crippen molar-refractivity contribution in [2.75, 3.05) is 33.2 Å². The van der Waals surface area contributed by atoms with E-state index in [1.165, 1.54) is 0 Å². The first-order valence-electron chi connectivity index (χ1n) is 8.61. The Hall–Kier alpha value is -2.08. The molecular formula is C18H28N4O2. The van der Waals surface area contributed by atoms with Crippen molar-refractivity contribution in [1.82, 2.24) is 15.1 Å². The lowest BCUT2D eigenvalue weighted by Gasteiger charge is -2.31. The number of amides is 3.